The molecule has 1 N–H and O–H groups in total. The van der Waals surface area contributed by atoms with E-state index in [9.17, 15) is 9.59 Å². The lowest BCUT2D eigenvalue weighted by Crippen LogP contribution is -2.59. The summed E-state index contributed by atoms with van der Waals surface area (Å²) in [6.45, 7) is 6.51. The predicted octanol–water partition coefficient (Wildman–Crippen LogP) is 2.61. The molecule has 3 rings (SSSR count). The van der Waals surface area contributed by atoms with Gasteiger partial charge >= 0.3 is 0 Å². The van der Waals surface area contributed by atoms with E-state index in [-0.39, 0.29) is 23.1 Å². The van der Waals surface area contributed by atoms with Gasteiger partial charge in [-0.3, -0.25) is 9.59 Å². The van der Waals surface area contributed by atoms with Crippen LogP contribution in [0.1, 0.15) is 63.4 Å². The Morgan fingerprint density at radius 1 is 1.25 bits per heavy atom. The van der Waals surface area contributed by atoms with Crippen molar-refractivity contribution in [1.82, 2.24) is 15.4 Å². The minimum Gasteiger partial charge on any atom is -0.351 e. The standard InChI is InChI=1S/C18H27N3O3/c1-18(2,3)20-16(22)14-10-12-6-4-5-7-13(12)11-21(14)17(23)15-8-9-19-24-15/h8-9,12-14H,4-7,10-11H2,1-3H3,(H,20,22). The summed E-state index contributed by atoms with van der Waals surface area (Å²) in [4.78, 5) is 27.4. The van der Waals surface area contributed by atoms with Gasteiger partial charge in [-0.15, -0.1) is 0 Å². The molecule has 2 fully saturated rings. The van der Waals surface area contributed by atoms with E-state index in [0.717, 1.165) is 19.3 Å². The fourth-order valence-corrected chi connectivity index (χ4v) is 4.02. The van der Waals surface area contributed by atoms with E-state index in [1.165, 1.54) is 19.0 Å². The Balaban J connectivity index is 1.83. The molecule has 2 amide bonds. The average Bonchev–Trinajstić information content (AvgIpc) is 3.05. The van der Waals surface area contributed by atoms with Crippen LogP contribution in [0.25, 0.3) is 0 Å². The SMILES string of the molecule is CC(C)(C)NC(=O)C1CC2CCCCC2CN1C(=O)c1ccno1. The molecule has 2 heterocycles. The van der Waals surface area contributed by atoms with Crippen LogP contribution in [-0.4, -0.2) is 40.0 Å². The van der Waals surface area contributed by atoms with E-state index in [2.05, 4.69) is 10.5 Å². The molecule has 1 saturated carbocycles. The Morgan fingerprint density at radius 2 is 1.96 bits per heavy atom. The average molecular weight is 333 g/mol. The van der Waals surface area contributed by atoms with Gasteiger partial charge < -0.3 is 14.7 Å². The zero-order valence-corrected chi connectivity index (χ0v) is 14.7. The van der Waals surface area contributed by atoms with Gasteiger partial charge in [0.1, 0.15) is 6.04 Å². The number of fused-ring (bicyclic) bond motifs is 1. The van der Waals surface area contributed by atoms with Gasteiger partial charge in [-0.05, 0) is 45.4 Å². The van der Waals surface area contributed by atoms with Crippen molar-refractivity contribution in [3.63, 3.8) is 0 Å². The molecule has 1 aromatic heterocycles. The van der Waals surface area contributed by atoms with Gasteiger partial charge in [-0.1, -0.05) is 24.4 Å². The van der Waals surface area contributed by atoms with Crippen molar-refractivity contribution in [2.24, 2.45) is 11.8 Å². The van der Waals surface area contributed by atoms with E-state index in [4.69, 9.17) is 4.52 Å². The molecule has 3 unspecified atom stereocenters. The van der Waals surface area contributed by atoms with Gasteiger partial charge in [0.2, 0.25) is 11.7 Å². The number of likely N-dealkylation sites (tertiary alicyclic amines) is 1. The molecule has 1 aliphatic carbocycles. The highest BCUT2D eigenvalue weighted by Crippen LogP contribution is 2.39. The summed E-state index contributed by atoms with van der Waals surface area (Å²) in [5, 5.41) is 6.66. The lowest BCUT2D eigenvalue weighted by Gasteiger charge is -2.45. The third-order valence-corrected chi connectivity index (χ3v) is 5.11. The fraction of sp³-hybridized carbons (Fsp3) is 0.722. The largest absolute Gasteiger partial charge is 0.351 e. The Bertz CT molecular complexity index is 591. The summed E-state index contributed by atoms with van der Waals surface area (Å²) in [7, 11) is 0. The van der Waals surface area contributed by atoms with Crippen molar-refractivity contribution in [2.45, 2.75) is 64.5 Å². The van der Waals surface area contributed by atoms with Crippen LogP contribution in [0.15, 0.2) is 16.8 Å². The van der Waals surface area contributed by atoms with Crippen LogP contribution in [0.3, 0.4) is 0 Å². The van der Waals surface area contributed by atoms with E-state index in [1.54, 1.807) is 11.0 Å². The number of carbonyl (C=O) groups excluding carboxylic acids is 2. The lowest BCUT2D eigenvalue weighted by molar-refractivity contribution is -0.130. The van der Waals surface area contributed by atoms with Crippen molar-refractivity contribution in [1.29, 1.82) is 0 Å². The number of hydrogen-bond acceptors (Lipinski definition) is 4. The maximum absolute atomic E-state index is 12.8. The van der Waals surface area contributed by atoms with Crippen LogP contribution in [0.4, 0.5) is 0 Å². The quantitative estimate of drug-likeness (QED) is 0.903. The molecule has 0 aromatic carbocycles. The smallest absolute Gasteiger partial charge is 0.293 e. The molecule has 0 spiro atoms. The van der Waals surface area contributed by atoms with Gasteiger partial charge in [-0.2, -0.15) is 0 Å². The molecular formula is C18H27N3O3. The van der Waals surface area contributed by atoms with E-state index < -0.39 is 6.04 Å². The van der Waals surface area contributed by atoms with Crippen LogP contribution in [0, 0.1) is 11.8 Å². The number of piperidine rings is 1. The topological polar surface area (TPSA) is 75.4 Å². The Morgan fingerprint density at radius 3 is 2.58 bits per heavy atom. The summed E-state index contributed by atoms with van der Waals surface area (Å²) in [5.41, 5.74) is -0.318. The molecule has 3 atom stereocenters. The number of hydrogen-bond donors (Lipinski definition) is 1. The van der Waals surface area contributed by atoms with E-state index >= 15 is 0 Å². The number of rotatable bonds is 2. The molecule has 6 heteroatoms. The second-order valence-electron chi connectivity index (χ2n) is 8.13. The first-order chi connectivity index (χ1) is 11.3. The molecular weight excluding hydrogens is 306 g/mol. The maximum Gasteiger partial charge on any atom is 0.293 e. The summed E-state index contributed by atoms with van der Waals surface area (Å²) in [6, 6.07) is 1.13. The van der Waals surface area contributed by atoms with Crippen molar-refractivity contribution in [2.75, 3.05) is 6.54 Å². The van der Waals surface area contributed by atoms with Crippen LogP contribution < -0.4 is 5.32 Å². The summed E-state index contributed by atoms with van der Waals surface area (Å²) >= 11 is 0. The number of aromatic nitrogens is 1. The highest BCUT2D eigenvalue weighted by Gasteiger charge is 2.43. The Labute approximate surface area is 142 Å². The zero-order valence-electron chi connectivity index (χ0n) is 14.7. The Kier molecular flexibility index (Phi) is 4.65. The van der Waals surface area contributed by atoms with Crippen molar-refractivity contribution < 1.29 is 14.1 Å². The number of carbonyl (C=O) groups is 2. The third-order valence-electron chi connectivity index (χ3n) is 5.11. The zero-order chi connectivity index (χ0) is 17.3. The summed E-state index contributed by atoms with van der Waals surface area (Å²) < 4.78 is 5.04. The molecule has 6 nitrogen and oxygen atoms in total. The number of nitrogens with zero attached hydrogens (tertiary/aromatic N) is 2. The lowest BCUT2D eigenvalue weighted by atomic mass is 9.72. The van der Waals surface area contributed by atoms with Crippen LogP contribution in [0.5, 0.6) is 0 Å². The highest BCUT2D eigenvalue weighted by atomic mass is 16.5. The number of nitrogens with one attached hydrogen (secondary N) is 1. The van der Waals surface area contributed by atoms with Crippen molar-refractivity contribution in [3.05, 3.63) is 18.0 Å². The third kappa shape index (κ3) is 3.62. The van der Waals surface area contributed by atoms with Gasteiger partial charge in [-0.25, -0.2) is 0 Å². The molecule has 0 radical (unpaired) electrons. The predicted molar refractivity (Wildman–Crippen MR) is 89.3 cm³/mol. The first kappa shape index (κ1) is 17.0. The second kappa shape index (κ2) is 6.57. The first-order valence-electron chi connectivity index (χ1n) is 8.89. The minimum absolute atomic E-state index is 0.0700. The van der Waals surface area contributed by atoms with E-state index in [1.807, 2.05) is 20.8 Å². The van der Waals surface area contributed by atoms with Gasteiger partial charge in [0.15, 0.2) is 0 Å². The van der Waals surface area contributed by atoms with Crippen LogP contribution in [0.2, 0.25) is 0 Å². The molecule has 24 heavy (non-hydrogen) atoms. The summed E-state index contributed by atoms with van der Waals surface area (Å²) in [6.07, 6.45) is 6.94. The number of amides is 2. The summed E-state index contributed by atoms with van der Waals surface area (Å²) in [5.74, 6) is 0.931. The molecule has 1 aromatic rings. The van der Waals surface area contributed by atoms with Gasteiger partial charge in [0, 0.05) is 18.2 Å². The monoisotopic (exact) mass is 333 g/mol. The molecule has 132 valence electrons. The van der Waals surface area contributed by atoms with Crippen molar-refractivity contribution in [3.8, 4) is 0 Å². The highest BCUT2D eigenvalue weighted by molar-refractivity contribution is 5.95. The molecule has 1 aliphatic heterocycles. The maximum atomic E-state index is 12.8. The normalized spacial score (nSPS) is 27.5. The van der Waals surface area contributed by atoms with E-state index in [0.29, 0.717) is 18.4 Å². The molecule has 2 aliphatic rings. The van der Waals surface area contributed by atoms with Crippen LogP contribution >= 0.6 is 0 Å². The fourth-order valence-electron chi connectivity index (χ4n) is 4.02. The molecule has 1 saturated heterocycles. The second-order valence-corrected chi connectivity index (χ2v) is 8.13. The van der Waals surface area contributed by atoms with Gasteiger partial charge in [0.25, 0.3) is 5.91 Å². The first-order valence-corrected chi connectivity index (χ1v) is 8.89. The van der Waals surface area contributed by atoms with Crippen LogP contribution in [-0.2, 0) is 4.79 Å². The van der Waals surface area contributed by atoms with Gasteiger partial charge in [0.05, 0.1) is 6.20 Å². The van der Waals surface area contributed by atoms with Crippen molar-refractivity contribution >= 4 is 11.8 Å². The molecule has 0 bridgehead atoms. The minimum atomic E-state index is -0.429. The Hall–Kier alpha value is -1.85.